The molecule has 3 rings (SSSR count). The first-order valence-corrected chi connectivity index (χ1v) is 11.6. The summed E-state index contributed by atoms with van der Waals surface area (Å²) in [5.74, 6) is 0. The molecule has 0 fully saturated rings. The van der Waals surface area contributed by atoms with Crippen molar-refractivity contribution in [3.05, 3.63) is 84.2 Å². The van der Waals surface area contributed by atoms with E-state index in [1.807, 2.05) is 13.8 Å². The van der Waals surface area contributed by atoms with Crippen molar-refractivity contribution in [3.63, 3.8) is 0 Å². The van der Waals surface area contributed by atoms with E-state index < -0.39 is 20.0 Å². The Kier molecular flexibility index (Phi) is 5.62. The van der Waals surface area contributed by atoms with Crippen LogP contribution >= 0.6 is 0 Å². The van der Waals surface area contributed by atoms with E-state index >= 15 is 0 Å². The molecule has 0 amide bonds. The van der Waals surface area contributed by atoms with Crippen LogP contribution in [0.2, 0.25) is 0 Å². The Balaban J connectivity index is 1.82. The van der Waals surface area contributed by atoms with Crippen LogP contribution in [0.15, 0.2) is 82.9 Å². The number of sulfonamides is 2. The fourth-order valence-electron chi connectivity index (χ4n) is 2.71. The minimum absolute atomic E-state index is 0.0344. The van der Waals surface area contributed by atoms with Crippen molar-refractivity contribution in [1.82, 2.24) is 8.61 Å². The first-order valence-electron chi connectivity index (χ1n) is 8.71. The highest BCUT2D eigenvalue weighted by molar-refractivity contribution is 7.89. The summed E-state index contributed by atoms with van der Waals surface area (Å²) in [6.45, 7) is 3.84. The predicted octanol–water partition coefficient (Wildman–Crippen LogP) is 3.03. The van der Waals surface area contributed by atoms with E-state index in [1.165, 1.54) is 33.2 Å². The lowest BCUT2D eigenvalue weighted by Crippen LogP contribution is -2.31. The first-order chi connectivity index (χ1) is 13.2. The molecule has 6 nitrogen and oxygen atoms in total. The quantitative estimate of drug-likeness (QED) is 0.765. The Morgan fingerprint density at radius 2 is 0.929 bits per heavy atom. The summed E-state index contributed by atoms with van der Waals surface area (Å²) >= 11 is 0. The zero-order chi connectivity index (χ0) is 20.4. The first kappa shape index (κ1) is 20.2. The monoisotopic (exact) mass is 418 g/mol. The maximum atomic E-state index is 12.8. The van der Waals surface area contributed by atoms with Gasteiger partial charge in [0.15, 0.2) is 0 Å². The summed E-state index contributed by atoms with van der Waals surface area (Å²) in [7, 11) is -7.40. The van der Waals surface area contributed by atoms with Crippen molar-refractivity contribution in [2.45, 2.75) is 23.6 Å². The molecule has 0 radical (unpaired) electrons. The van der Waals surface area contributed by atoms with Gasteiger partial charge in [-0.3, -0.25) is 8.61 Å². The summed E-state index contributed by atoms with van der Waals surface area (Å²) in [5, 5.41) is 0. The summed E-state index contributed by atoms with van der Waals surface area (Å²) in [4.78, 5) is 0.390. The number of hydrogen-bond donors (Lipinski definition) is 0. The lowest BCUT2D eigenvalue weighted by atomic mass is 10.2. The molecule has 0 spiro atoms. The van der Waals surface area contributed by atoms with Crippen molar-refractivity contribution >= 4 is 20.0 Å². The van der Waals surface area contributed by atoms with Crippen molar-refractivity contribution in [2.24, 2.45) is 0 Å². The van der Waals surface area contributed by atoms with Crippen molar-refractivity contribution in [1.29, 1.82) is 0 Å². The maximum Gasteiger partial charge on any atom is 0.264 e. The zero-order valence-corrected chi connectivity index (χ0v) is 17.3. The summed E-state index contributed by atoms with van der Waals surface area (Å²) in [6.07, 6.45) is 5.88. The van der Waals surface area contributed by atoms with Crippen LogP contribution in [0, 0.1) is 13.8 Å². The highest BCUT2D eigenvalue weighted by Gasteiger charge is 2.24. The van der Waals surface area contributed by atoms with Gasteiger partial charge in [-0.2, -0.15) is 0 Å². The minimum atomic E-state index is -3.70. The highest BCUT2D eigenvalue weighted by atomic mass is 32.2. The zero-order valence-electron chi connectivity index (χ0n) is 15.7. The van der Waals surface area contributed by atoms with Crippen LogP contribution in [0.1, 0.15) is 11.1 Å². The summed E-state index contributed by atoms with van der Waals surface area (Å²) < 4.78 is 53.6. The SMILES string of the molecule is Cc1ccc(S(=O)(=O)N2/C=C\CN(S(=O)(=O)c3ccc(C)cc3)/C=C\C2)cc1. The molecule has 0 bridgehead atoms. The molecule has 1 heterocycles. The third kappa shape index (κ3) is 4.13. The molecule has 2 aromatic carbocycles. The van der Waals surface area contributed by atoms with Crippen LogP contribution in [0.25, 0.3) is 0 Å². The average Bonchev–Trinajstić information content (AvgIpc) is 2.62. The Labute approximate surface area is 166 Å². The van der Waals surface area contributed by atoms with Crippen LogP contribution in [0.3, 0.4) is 0 Å². The van der Waals surface area contributed by atoms with Gasteiger partial charge in [0.25, 0.3) is 20.0 Å². The summed E-state index contributed by atoms with van der Waals surface area (Å²) in [6, 6.07) is 13.2. The topological polar surface area (TPSA) is 74.8 Å². The van der Waals surface area contributed by atoms with Crippen molar-refractivity contribution < 1.29 is 16.8 Å². The van der Waals surface area contributed by atoms with Gasteiger partial charge < -0.3 is 0 Å². The fourth-order valence-corrected chi connectivity index (χ4v) is 5.27. The third-order valence-electron chi connectivity index (χ3n) is 4.37. The third-order valence-corrected chi connectivity index (χ3v) is 7.88. The molecule has 1 aliphatic heterocycles. The van der Waals surface area contributed by atoms with Crippen molar-refractivity contribution in [3.8, 4) is 0 Å². The van der Waals surface area contributed by atoms with E-state index in [4.69, 9.17) is 0 Å². The van der Waals surface area contributed by atoms with Crippen molar-refractivity contribution in [2.75, 3.05) is 13.1 Å². The minimum Gasteiger partial charge on any atom is -0.270 e. The molecule has 0 atom stereocenters. The lowest BCUT2D eigenvalue weighted by molar-refractivity contribution is 0.501. The second kappa shape index (κ2) is 7.81. The molecular weight excluding hydrogens is 396 g/mol. The molecule has 0 aromatic heterocycles. The number of rotatable bonds is 4. The lowest BCUT2D eigenvalue weighted by Gasteiger charge is -2.24. The van der Waals surface area contributed by atoms with Gasteiger partial charge in [-0.25, -0.2) is 16.8 Å². The highest BCUT2D eigenvalue weighted by Crippen LogP contribution is 2.20. The predicted molar refractivity (Wildman–Crippen MR) is 108 cm³/mol. The van der Waals surface area contributed by atoms with E-state index in [9.17, 15) is 16.8 Å². The van der Waals surface area contributed by atoms with Crippen LogP contribution in [-0.2, 0) is 20.0 Å². The average molecular weight is 419 g/mol. The van der Waals surface area contributed by atoms with Crippen LogP contribution in [0.4, 0.5) is 0 Å². The van der Waals surface area contributed by atoms with Gasteiger partial charge in [0.05, 0.1) is 22.9 Å². The van der Waals surface area contributed by atoms with Crippen LogP contribution in [0.5, 0.6) is 0 Å². The number of benzene rings is 2. The second-order valence-electron chi connectivity index (χ2n) is 6.55. The Bertz CT molecular complexity index is 1010. The second-order valence-corrected chi connectivity index (χ2v) is 10.3. The van der Waals surface area contributed by atoms with E-state index in [0.717, 1.165) is 11.1 Å². The number of hydrogen-bond acceptors (Lipinski definition) is 4. The standard InChI is InChI=1S/C20H22N2O4S2/c1-17-5-9-19(10-6-17)27(23,24)21-13-3-15-22(16-4-14-21)28(25,26)20-11-7-18(2)8-12-20/h3-13,16H,14-15H2,1-2H3/b13-3-,16-4-. The van der Waals surface area contributed by atoms with Gasteiger partial charge in [0, 0.05) is 12.4 Å². The van der Waals surface area contributed by atoms with Crippen LogP contribution < -0.4 is 0 Å². The van der Waals surface area contributed by atoms with Gasteiger partial charge >= 0.3 is 0 Å². The molecule has 0 saturated carbocycles. The molecular formula is C20H22N2O4S2. The molecule has 1 aliphatic rings. The van der Waals surface area contributed by atoms with Crippen LogP contribution in [-0.4, -0.2) is 38.5 Å². The largest absolute Gasteiger partial charge is 0.270 e. The van der Waals surface area contributed by atoms with Gasteiger partial charge in [-0.15, -0.1) is 0 Å². The normalized spacial score (nSPS) is 17.6. The van der Waals surface area contributed by atoms with E-state index in [1.54, 1.807) is 48.5 Å². The van der Waals surface area contributed by atoms with E-state index in [0.29, 0.717) is 0 Å². The Morgan fingerprint density at radius 3 is 1.25 bits per heavy atom. The molecule has 148 valence electrons. The Hall–Kier alpha value is -2.58. The molecule has 0 N–H and O–H groups in total. The molecule has 28 heavy (non-hydrogen) atoms. The smallest absolute Gasteiger partial charge is 0.264 e. The fraction of sp³-hybridized carbons (Fsp3) is 0.200. The molecule has 0 unspecified atom stereocenters. The number of aryl methyl sites for hydroxylation is 2. The molecule has 2 aromatic rings. The van der Waals surface area contributed by atoms with E-state index in [-0.39, 0.29) is 22.9 Å². The van der Waals surface area contributed by atoms with Gasteiger partial charge in [-0.05, 0) is 50.3 Å². The molecule has 8 heteroatoms. The summed E-state index contributed by atoms with van der Waals surface area (Å²) in [5.41, 5.74) is 1.94. The van der Waals surface area contributed by atoms with Gasteiger partial charge in [0.2, 0.25) is 0 Å². The Morgan fingerprint density at radius 1 is 0.607 bits per heavy atom. The van der Waals surface area contributed by atoms with Gasteiger partial charge in [-0.1, -0.05) is 35.4 Å². The maximum absolute atomic E-state index is 12.8. The number of nitrogens with zero attached hydrogens (tertiary/aromatic N) is 2. The molecule has 0 aliphatic carbocycles. The van der Waals surface area contributed by atoms with Gasteiger partial charge in [0.1, 0.15) is 0 Å². The molecule has 0 saturated heterocycles. The van der Waals surface area contributed by atoms with E-state index in [2.05, 4.69) is 0 Å².